The molecule has 0 aliphatic carbocycles. The normalized spacial score (nSPS) is 15.2. The van der Waals surface area contributed by atoms with Gasteiger partial charge in [-0.2, -0.15) is 5.01 Å². The molecule has 0 aliphatic heterocycles. The van der Waals surface area contributed by atoms with Crippen molar-refractivity contribution in [1.29, 1.82) is 0 Å². The third-order valence-electron chi connectivity index (χ3n) is 1.63. The van der Waals surface area contributed by atoms with E-state index in [2.05, 4.69) is 0 Å². The second-order valence-electron chi connectivity index (χ2n) is 4.45. The van der Waals surface area contributed by atoms with Gasteiger partial charge in [-0.25, -0.2) is 10.6 Å². The SMILES string of the molecule is CC(O)C(N)C(=O)N(N)C(=O)OC(C)(C)C. The maximum atomic E-state index is 11.4. The van der Waals surface area contributed by atoms with Crippen molar-refractivity contribution in [3.05, 3.63) is 0 Å². The van der Waals surface area contributed by atoms with Crippen LogP contribution in [0.25, 0.3) is 0 Å². The number of carbonyl (C=O) groups excluding carboxylic acids is 2. The lowest BCUT2D eigenvalue weighted by Crippen LogP contribution is -2.55. The van der Waals surface area contributed by atoms with E-state index in [4.69, 9.17) is 21.4 Å². The zero-order valence-corrected chi connectivity index (χ0v) is 9.93. The molecule has 2 amide bonds. The quantitative estimate of drug-likeness (QED) is 0.330. The van der Waals surface area contributed by atoms with E-state index >= 15 is 0 Å². The Hall–Kier alpha value is -1.18. The van der Waals surface area contributed by atoms with Crippen LogP contribution in [0.4, 0.5) is 4.79 Å². The topological polar surface area (TPSA) is 119 Å². The van der Waals surface area contributed by atoms with E-state index in [1.807, 2.05) is 0 Å². The molecule has 94 valence electrons. The fourth-order valence-corrected chi connectivity index (χ4v) is 0.768. The summed E-state index contributed by atoms with van der Waals surface area (Å²) in [6.07, 6.45) is -2.10. The van der Waals surface area contributed by atoms with Crippen LogP contribution in [0.15, 0.2) is 0 Å². The first kappa shape index (κ1) is 14.8. The molecule has 0 radical (unpaired) electrons. The first-order valence-corrected chi connectivity index (χ1v) is 4.81. The molecule has 0 heterocycles. The number of rotatable bonds is 2. The van der Waals surface area contributed by atoms with Crippen LogP contribution >= 0.6 is 0 Å². The van der Waals surface area contributed by atoms with E-state index in [0.717, 1.165) is 0 Å². The molecule has 0 fully saturated rings. The Morgan fingerprint density at radius 3 is 2.12 bits per heavy atom. The van der Waals surface area contributed by atoms with Crippen LogP contribution in [0, 0.1) is 0 Å². The molecule has 0 spiro atoms. The van der Waals surface area contributed by atoms with Crippen LogP contribution in [0.2, 0.25) is 0 Å². The average molecular weight is 233 g/mol. The van der Waals surface area contributed by atoms with Crippen LogP contribution in [0.5, 0.6) is 0 Å². The monoisotopic (exact) mass is 233 g/mol. The molecule has 0 rings (SSSR count). The van der Waals surface area contributed by atoms with Crippen LogP contribution in [-0.4, -0.2) is 39.9 Å². The summed E-state index contributed by atoms with van der Waals surface area (Å²) in [7, 11) is 0. The van der Waals surface area contributed by atoms with E-state index in [-0.39, 0.29) is 5.01 Å². The van der Waals surface area contributed by atoms with Gasteiger partial charge in [-0.15, -0.1) is 0 Å². The standard InChI is InChI=1S/C9H19N3O4/c1-5(13)6(10)7(14)12(11)8(15)16-9(2,3)4/h5-6,13H,10-11H2,1-4H3. The molecule has 2 unspecified atom stereocenters. The molecule has 0 aromatic rings. The largest absolute Gasteiger partial charge is 0.442 e. The van der Waals surface area contributed by atoms with E-state index < -0.39 is 29.7 Å². The van der Waals surface area contributed by atoms with Gasteiger partial charge in [-0.05, 0) is 27.7 Å². The Morgan fingerprint density at radius 2 is 1.81 bits per heavy atom. The highest BCUT2D eigenvalue weighted by Crippen LogP contribution is 2.09. The maximum absolute atomic E-state index is 11.4. The van der Waals surface area contributed by atoms with Crippen LogP contribution < -0.4 is 11.6 Å². The first-order valence-electron chi connectivity index (χ1n) is 4.81. The minimum Gasteiger partial charge on any atom is -0.442 e. The van der Waals surface area contributed by atoms with Crippen molar-refractivity contribution in [1.82, 2.24) is 5.01 Å². The summed E-state index contributed by atoms with van der Waals surface area (Å²) >= 11 is 0. The average Bonchev–Trinajstić information content (AvgIpc) is 2.11. The Labute approximate surface area is 94.3 Å². The first-order chi connectivity index (χ1) is 7.06. The number of nitrogens with zero attached hydrogens (tertiary/aromatic N) is 1. The van der Waals surface area contributed by atoms with E-state index in [1.165, 1.54) is 6.92 Å². The van der Waals surface area contributed by atoms with Gasteiger partial charge in [0.25, 0.3) is 5.91 Å². The van der Waals surface area contributed by atoms with Gasteiger partial charge in [0.05, 0.1) is 6.10 Å². The van der Waals surface area contributed by atoms with Gasteiger partial charge in [-0.3, -0.25) is 4.79 Å². The fraction of sp³-hybridized carbons (Fsp3) is 0.778. The highest BCUT2D eigenvalue weighted by Gasteiger charge is 2.30. The predicted octanol–water partition coefficient (Wildman–Crippen LogP) is -0.668. The van der Waals surface area contributed by atoms with E-state index in [1.54, 1.807) is 20.8 Å². The summed E-state index contributed by atoms with van der Waals surface area (Å²) in [4.78, 5) is 22.8. The molecular weight excluding hydrogens is 214 g/mol. The molecule has 7 heteroatoms. The number of imide groups is 1. The lowest BCUT2D eigenvalue weighted by molar-refractivity contribution is -0.134. The number of nitrogens with two attached hydrogens (primary N) is 2. The lowest BCUT2D eigenvalue weighted by atomic mass is 10.2. The van der Waals surface area contributed by atoms with Crippen molar-refractivity contribution >= 4 is 12.0 Å². The molecular formula is C9H19N3O4. The zero-order chi connectivity index (χ0) is 13.1. The third-order valence-corrected chi connectivity index (χ3v) is 1.63. The van der Waals surface area contributed by atoms with Crippen LogP contribution in [0.1, 0.15) is 27.7 Å². The molecule has 0 bridgehead atoms. The maximum Gasteiger partial charge on any atom is 0.431 e. The summed E-state index contributed by atoms with van der Waals surface area (Å²) in [5.74, 6) is 4.33. The molecule has 2 atom stereocenters. The minimum atomic E-state index is -1.25. The Morgan fingerprint density at radius 1 is 1.38 bits per heavy atom. The summed E-state index contributed by atoms with van der Waals surface area (Å²) in [6, 6.07) is -1.25. The van der Waals surface area contributed by atoms with Crippen molar-refractivity contribution in [2.45, 2.75) is 45.4 Å². The summed E-state index contributed by atoms with van der Waals surface area (Å²) in [6.45, 7) is 6.24. The molecule has 0 aromatic carbocycles. The number of carbonyl (C=O) groups is 2. The number of ether oxygens (including phenoxy) is 1. The van der Waals surface area contributed by atoms with Gasteiger partial charge < -0.3 is 15.6 Å². The third kappa shape index (κ3) is 4.56. The molecule has 0 saturated carbocycles. The molecule has 0 aliphatic rings. The van der Waals surface area contributed by atoms with Crippen LogP contribution in [0.3, 0.4) is 0 Å². The van der Waals surface area contributed by atoms with Gasteiger partial charge in [0, 0.05) is 0 Å². The Kier molecular flexibility index (Phi) is 4.85. The molecule has 7 nitrogen and oxygen atoms in total. The highest BCUT2D eigenvalue weighted by atomic mass is 16.6. The molecule has 0 saturated heterocycles. The van der Waals surface area contributed by atoms with E-state index in [9.17, 15) is 9.59 Å². The van der Waals surface area contributed by atoms with Crippen molar-refractivity contribution < 1.29 is 19.4 Å². The van der Waals surface area contributed by atoms with Crippen molar-refractivity contribution in [3.63, 3.8) is 0 Å². The molecule has 16 heavy (non-hydrogen) atoms. The number of aliphatic hydroxyl groups excluding tert-OH is 1. The second-order valence-corrected chi connectivity index (χ2v) is 4.45. The van der Waals surface area contributed by atoms with Gasteiger partial charge in [0.15, 0.2) is 0 Å². The summed E-state index contributed by atoms with van der Waals surface area (Å²) < 4.78 is 4.85. The number of aliphatic hydroxyl groups is 1. The Bertz CT molecular complexity index is 272. The van der Waals surface area contributed by atoms with Crippen molar-refractivity contribution in [2.75, 3.05) is 0 Å². The fourth-order valence-electron chi connectivity index (χ4n) is 0.768. The molecule has 5 N–H and O–H groups in total. The van der Waals surface area contributed by atoms with Gasteiger partial charge in [-0.1, -0.05) is 0 Å². The summed E-state index contributed by atoms with van der Waals surface area (Å²) in [5, 5.41) is 9.34. The van der Waals surface area contributed by atoms with Gasteiger partial charge in [0.1, 0.15) is 11.6 Å². The van der Waals surface area contributed by atoms with Crippen molar-refractivity contribution in [3.8, 4) is 0 Å². The van der Waals surface area contributed by atoms with Gasteiger partial charge in [0.2, 0.25) is 0 Å². The Balaban J connectivity index is 4.51. The zero-order valence-electron chi connectivity index (χ0n) is 9.93. The molecule has 0 aromatic heterocycles. The number of hydrogen-bond acceptors (Lipinski definition) is 6. The highest BCUT2D eigenvalue weighted by molar-refractivity contribution is 5.94. The number of hydrogen-bond donors (Lipinski definition) is 3. The van der Waals surface area contributed by atoms with Crippen molar-refractivity contribution in [2.24, 2.45) is 11.6 Å². The smallest absolute Gasteiger partial charge is 0.431 e. The van der Waals surface area contributed by atoms with Crippen LogP contribution in [-0.2, 0) is 9.53 Å². The lowest BCUT2D eigenvalue weighted by Gasteiger charge is -2.25. The second kappa shape index (κ2) is 5.24. The predicted molar refractivity (Wildman–Crippen MR) is 56.9 cm³/mol. The van der Waals surface area contributed by atoms with E-state index in [0.29, 0.717) is 0 Å². The number of amides is 2. The number of hydrazine groups is 1. The minimum absolute atomic E-state index is 0.267. The van der Waals surface area contributed by atoms with Gasteiger partial charge >= 0.3 is 6.09 Å². The summed E-state index contributed by atoms with van der Waals surface area (Å²) in [5.41, 5.74) is 4.57.